The average Bonchev–Trinajstić information content (AvgIpc) is 2.89. The van der Waals surface area contributed by atoms with Gasteiger partial charge in [-0.3, -0.25) is 4.79 Å². The van der Waals surface area contributed by atoms with Crippen LogP contribution in [0.15, 0.2) is 35.2 Å². The van der Waals surface area contributed by atoms with Crippen molar-refractivity contribution in [1.29, 1.82) is 0 Å². The van der Waals surface area contributed by atoms with Crippen LogP contribution in [0.5, 0.6) is 0 Å². The molecular formula is C13H9FOS2. The zero-order valence-electron chi connectivity index (χ0n) is 8.90. The molecular weight excluding hydrogens is 255 g/mol. The molecule has 0 radical (unpaired) electrons. The highest BCUT2D eigenvalue weighted by molar-refractivity contribution is 7.99. The molecule has 1 aliphatic rings. The summed E-state index contributed by atoms with van der Waals surface area (Å²) < 4.78 is 12.8. The topological polar surface area (TPSA) is 17.1 Å². The fourth-order valence-electron chi connectivity index (χ4n) is 1.82. The highest BCUT2D eigenvalue weighted by Crippen LogP contribution is 2.38. The first kappa shape index (κ1) is 11.0. The van der Waals surface area contributed by atoms with Gasteiger partial charge in [-0.1, -0.05) is 0 Å². The summed E-state index contributed by atoms with van der Waals surface area (Å²) in [5, 5.41) is 0. The van der Waals surface area contributed by atoms with E-state index in [1.807, 2.05) is 6.07 Å². The largest absolute Gasteiger partial charge is 0.288 e. The molecule has 0 spiro atoms. The van der Waals surface area contributed by atoms with Crippen LogP contribution in [-0.4, -0.2) is 11.5 Å². The van der Waals surface area contributed by atoms with Crippen LogP contribution in [0.1, 0.15) is 20.1 Å². The minimum Gasteiger partial charge on any atom is -0.288 e. The van der Waals surface area contributed by atoms with Gasteiger partial charge in [0, 0.05) is 21.1 Å². The van der Waals surface area contributed by atoms with E-state index in [1.165, 1.54) is 34.0 Å². The van der Waals surface area contributed by atoms with E-state index in [-0.39, 0.29) is 11.6 Å². The Bertz CT molecular complexity index is 550. The third kappa shape index (κ3) is 2.03. The normalized spacial score (nSPS) is 13.7. The Hall–Kier alpha value is -1.13. The molecule has 0 fully saturated rings. The Balaban J connectivity index is 1.93. The fraction of sp³-hybridized carbons (Fsp3) is 0.154. The van der Waals surface area contributed by atoms with Gasteiger partial charge in [-0.2, -0.15) is 0 Å². The molecule has 2 aromatic rings. The molecule has 0 saturated carbocycles. The lowest BCUT2D eigenvalue weighted by Crippen LogP contribution is -1.98. The molecule has 86 valence electrons. The van der Waals surface area contributed by atoms with Crippen molar-refractivity contribution < 1.29 is 9.18 Å². The molecule has 2 heterocycles. The number of benzene rings is 1. The van der Waals surface area contributed by atoms with Crippen molar-refractivity contribution in [3.05, 3.63) is 51.5 Å². The quantitative estimate of drug-likeness (QED) is 0.768. The molecule has 4 heteroatoms. The standard InChI is InChI=1S/C13H9FOS2/c14-9-3-1-8(2-4-9)13(15)12-7-11-10(17-12)5-6-16-11/h1-4,7H,5-6H2. The van der Waals surface area contributed by atoms with Crippen molar-refractivity contribution in [2.75, 3.05) is 5.75 Å². The van der Waals surface area contributed by atoms with E-state index in [4.69, 9.17) is 0 Å². The number of thiophene rings is 1. The minimum absolute atomic E-state index is 0.00926. The maximum atomic E-state index is 12.8. The third-order valence-corrected chi connectivity index (χ3v) is 5.09. The van der Waals surface area contributed by atoms with Crippen LogP contribution in [0.2, 0.25) is 0 Å². The molecule has 0 amide bonds. The Kier molecular flexibility index (Phi) is 2.76. The van der Waals surface area contributed by atoms with E-state index in [1.54, 1.807) is 23.1 Å². The van der Waals surface area contributed by atoms with Crippen molar-refractivity contribution in [1.82, 2.24) is 0 Å². The van der Waals surface area contributed by atoms with Gasteiger partial charge < -0.3 is 0 Å². The number of carbonyl (C=O) groups is 1. The van der Waals surface area contributed by atoms with Gasteiger partial charge in [0.2, 0.25) is 5.78 Å². The summed E-state index contributed by atoms with van der Waals surface area (Å²) >= 11 is 3.37. The van der Waals surface area contributed by atoms with Crippen LogP contribution < -0.4 is 0 Å². The van der Waals surface area contributed by atoms with Crippen LogP contribution in [0.4, 0.5) is 4.39 Å². The van der Waals surface area contributed by atoms with E-state index >= 15 is 0 Å². The second kappa shape index (κ2) is 4.27. The molecule has 17 heavy (non-hydrogen) atoms. The van der Waals surface area contributed by atoms with Gasteiger partial charge >= 0.3 is 0 Å². The van der Waals surface area contributed by atoms with Gasteiger partial charge in [-0.25, -0.2) is 4.39 Å². The maximum Gasteiger partial charge on any atom is 0.202 e. The maximum absolute atomic E-state index is 12.8. The van der Waals surface area contributed by atoms with Crippen molar-refractivity contribution >= 4 is 28.9 Å². The average molecular weight is 264 g/mol. The molecule has 1 aromatic carbocycles. The number of aryl methyl sites for hydroxylation is 1. The number of thioether (sulfide) groups is 1. The molecule has 0 aliphatic carbocycles. The van der Waals surface area contributed by atoms with Crippen LogP contribution in [-0.2, 0) is 6.42 Å². The van der Waals surface area contributed by atoms with Gasteiger partial charge in [0.05, 0.1) is 4.88 Å². The molecule has 1 aromatic heterocycles. The molecule has 3 rings (SSSR count). The first-order chi connectivity index (χ1) is 8.24. The Labute approximate surface area is 107 Å². The fourth-order valence-corrected chi connectivity index (χ4v) is 4.33. The lowest BCUT2D eigenvalue weighted by Gasteiger charge is -1.97. The Morgan fingerprint density at radius 3 is 2.71 bits per heavy atom. The summed E-state index contributed by atoms with van der Waals surface area (Å²) in [4.78, 5) is 15.4. The summed E-state index contributed by atoms with van der Waals surface area (Å²) in [5.74, 6) is 0.794. The SMILES string of the molecule is O=C(c1ccc(F)cc1)c1cc2c(s1)CCS2. The molecule has 0 unspecified atom stereocenters. The number of hydrogen-bond donors (Lipinski definition) is 0. The molecule has 0 atom stereocenters. The first-order valence-corrected chi connectivity index (χ1v) is 7.10. The monoisotopic (exact) mass is 264 g/mol. The van der Waals surface area contributed by atoms with Crippen LogP contribution >= 0.6 is 23.1 Å². The Morgan fingerprint density at radius 1 is 1.24 bits per heavy atom. The number of ketones is 1. The summed E-state index contributed by atoms with van der Waals surface area (Å²) in [6, 6.07) is 7.68. The summed E-state index contributed by atoms with van der Waals surface area (Å²) in [5.41, 5.74) is 0.552. The van der Waals surface area contributed by atoms with Crippen molar-refractivity contribution in [3.63, 3.8) is 0 Å². The summed E-state index contributed by atoms with van der Waals surface area (Å²) in [6.45, 7) is 0. The highest BCUT2D eigenvalue weighted by Gasteiger charge is 2.19. The third-order valence-electron chi connectivity index (χ3n) is 2.69. The number of carbonyl (C=O) groups excluding carboxylic acids is 1. The van der Waals surface area contributed by atoms with Crippen molar-refractivity contribution in [2.45, 2.75) is 11.3 Å². The first-order valence-electron chi connectivity index (χ1n) is 5.30. The Morgan fingerprint density at radius 2 is 2.00 bits per heavy atom. The van der Waals surface area contributed by atoms with Crippen LogP contribution in [0.25, 0.3) is 0 Å². The predicted octanol–water partition coefficient (Wildman–Crippen LogP) is 3.77. The van der Waals surface area contributed by atoms with Gasteiger partial charge in [0.1, 0.15) is 5.82 Å². The number of halogens is 1. The molecule has 1 aliphatic heterocycles. The van der Waals surface area contributed by atoms with Gasteiger partial charge in [0.15, 0.2) is 0 Å². The van der Waals surface area contributed by atoms with Gasteiger partial charge in [-0.15, -0.1) is 23.1 Å². The smallest absolute Gasteiger partial charge is 0.202 e. The van der Waals surface area contributed by atoms with Crippen molar-refractivity contribution in [3.8, 4) is 0 Å². The van der Waals surface area contributed by atoms with Crippen molar-refractivity contribution in [2.24, 2.45) is 0 Å². The summed E-state index contributed by atoms with van der Waals surface area (Å²) in [6.07, 6.45) is 1.06. The summed E-state index contributed by atoms with van der Waals surface area (Å²) in [7, 11) is 0. The van der Waals surface area contributed by atoms with Gasteiger partial charge in [-0.05, 0) is 36.8 Å². The second-order valence-corrected chi connectivity index (χ2v) is 6.11. The van der Waals surface area contributed by atoms with Crippen LogP contribution in [0.3, 0.4) is 0 Å². The minimum atomic E-state index is -0.314. The molecule has 0 bridgehead atoms. The van der Waals surface area contributed by atoms with E-state index < -0.39 is 0 Å². The molecule has 1 nitrogen and oxygen atoms in total. The second-order valence-electron chi connectivity index (χ2n) is 3.83. The lowest BCUT2D eigenvalue weighted by molar-refractivity contribution is 0.104. The molecule has 0 saturated heterocycles. The zero-order valence-corrected chi connectivity index (χ0v) is 10.5. The van der Waals surface area contributed by atoms with E-state index in [0.717, 1.165) is 17.1 Å². The van der Waals surface area contributed by atoms with E-state index in [9.17, 15) is 9.18 Å². The lowest BCUT2D eigenvalue weighted by atomic mass is 10.1. The highest BCUT2D eigenvalue weighted by atomic mass is 32.2. The van der Waals surface area contributed by atoms with E-state index in [0.29, 0.717) is 5.56 Å². The van der Waals surface area contributed by atoms with E-state index in [2.05, 4.69) is 0 Å². The number of rotatable bonds is 2. The number of fused-ring (bicyclic) bond motifs is 1. The zero-order chi connectivity index (χ0) is 11.8. The predicted molar refractivity (Wildman–Crippen MR) is 68.6 cm³/mol. The van der Waals surface area contributed by atoms with Gasteiger partial charge in [0.25, 0.3) is 0 Å². The number of hydrogen-bond acceptors (Lipinski definition) is 3. The van der Waals surface area contributed by atoms with Crippen LogP contribution in [0, 0.1) is 5.82 Å². The molecule has 0 N–H and O–H groups in total.